The lowest BCUT2D eigenvalue weighted by Crippen LogP contribution is -1.93. The molecule has 0 saturated carbocycles. The molecule has 2 rings (SSSR count). The minimum absolute atomic E-state index is 0.381. The molecule has 2 aromatic rings. The number of benzene rings is 2. The fraction of sp³-hybridized carbons (Fsp3) is 0.333. The third kappa shape index (κ3) is 2.75. The predicted molar refractivity (Wildman–Crippen MR) is 88.8 cm³/mol. The van der Waals surface area contributed by atoms with Crippen LogP contribution in [0.4, 0.5) is 0 Å². The summed E-state index contributed by atoms with van der Waals surface area (Å²) in [6, 6.07) is 4.05. The summed E-state index contributed by atoms with van der Waals surface area (Å²) in [6.45, 7) is 11.8. The second-order valence-electron chi connectivity index (χ2n) is 5.68. The Morgan fingerprint density at radius 2 is 0.952 bits per heavy atom. The summed E-state index contributed by atoms with van der Waals surface area (Å²) in [5.41, 5.74) is 5.86. The van der Waals surface area contributed by atoms with Gasteiger partial charge in [0.1, 0.15) is 11.5 Å². The van der Waals surface area contributed by atoms with Crippen LogP contribution >= 0.6 is 11.8 Å². The van der Waals surface area contributed by atoms with Crippen molar-refractivity contribution in [1.82, 2.24) is 0 Å². The SMILES string of the molecule is Cc1cc(Sc2cc(C)c(O)c(C)c2C)c(C)c(C)c1O. The van der Waals surface area contributed by atoms with Crippen molar-refractivity contribution >= 4 is 11.8 Å². The van der Waals surface area contributed by atoms with Gasteiger partial charge < -0.3 is 10.2 Å². The molecule has 0 aliphatic heterocycles. The molecule has 112 valence electrons. The lowest BCUT2D eigenvalue weighted by Gasteiger charge is -2.16. The standard InChI is InChI=1S/C18H22O2S/c1-9-7-15(11(3)13(5)17(9)19)21-16-8-10(2)18(20)14(6)12(16)4/h7-8,19-20H,1-6H3. The first kappa shape index (κ1) is 15.8. The van der Waals surface area contributed by atoms with Crippen LogP contribution in [0.3, 0.4) is 0 Å². The highest BCUT2D eigenvalue weighted by atomic mass is 32.2. The summed E-state index contributed by atoms with van der Waals surface area (Å²) in [5, 5.41) is 20.0. The van der Waals surface area contributed by atoms with E-state index < -0.39 is 0 Å². The summed E-state index contributed by atoms with van der Waals surface area (Å²) < 4.78 is 0. The molecule has 0 atom stereocenters. The number of hydrogen-bond acceptors (Lipinski definition) is 3. The molecule has 2 aromatic carbocycles. The van der Waals surface area contributed by atoms with Crippen molar-refractivity contribution in [2.75, 3.05) is 0 Å². The third-order valence-electron chi connectivity index (χ3n) is 4.24. The van der Waals surface area contributed by atoms with Crippen molar-refractivity contribution in [3.05, 3.63) is 45.5 Å². The highest BCUT2D eigenvalue weighted by Crippen LogP contribution is 2.40. The zero-order chi connectivity index (χ0) is 15.9. The molecular weight excluding hydrogens is 280 g/mol. The van der Waals surface area contributed by atoms with Crippen LogP contribution in [0.5, 0.6) is 11.5 Å². The van der Waals surface area contributed by atoms with Crippen LogP contribution in [0.25, 0.3) is 0 Å². The first-order valence-electron chi connectivity index (χ1n) is 7.01. The second-order valence-corrected chi connectivity index (χ2v) is 6.77. The van der Waals surface area contributed by atoms with Gasteiger partial charge in [-0.3, -0.25) is 0 Å². The van der Waals surface area contributed by atoms with E-state index >= 15 is 0 Å². The van der Waals surface area contributed by atoms with E-state index in [0.29, 0.717) is 11.5 Å². The van der Waals surface area contributed by atoms with Gasteiger partial charge in [-0.25, -0.2) is 0 Å². The van der Waals surface area contributed by atoms with Crippen LogP contribution in [0.1, 0.15) is 33.4 Å². The Bertz CT molecular complexity index is 657. The Hall–Kier alpha value is -1.61. The number of aryl methyl sites for hydroxylation is 2. The van der Waals surface area contributed by atoms with Crippen LogP contribution in [0, 0.1) is 41.5 Å². The van der Waals surface area contributed by atoms with Crippen LogP contribution in [-0.4, -0.2) is 10.2 Å². The second kappa shape index (κ2) is 5.64. The van der Waals surface area contributed by atoms with Crippen LogP contribution < -0.4 is 0 Å². The van der Waals surface area contributed by atoms with Gasteiger partial charge in [0, 0.05) is 9.79 Å². The molecule has 0 fully saturated rings. The molecule has 0 amide bonds. The average Bonchev–Trinajstić information content (AvgIpc) is 2.45. The summed E-state index contributed by atoms with van der Waals surface area (Å²) in [4.78, 5) is 2.30. The van der Waals surface area contributed by atoms with Crippen molar-refractivity contribution in [2.45, 2.75) is 51.3 Å². The Kier molecular flexibility index (Phi) is 4.24. The van der Waals surface area contributed by atoms with Crippen molar-refractivity contribution in [3.8, 4) is 11.5 Å². The fourth-order valence-corrected chi connectivity index (χ4v) is 3.71. The van der Waals surface area contributed by atoms with E-state index in [9.17, 15) is 10.2 Å². The average molecular weight is 302 g/mol. The number of aromatic hydroxyl groups is 2. The predicted octanol–water partition coefficient (Wildman–Crippen LogP) is 5.10. The summed E-state index contributed by atoms with van der Waals surface area (Å²) in [6.07, 6.45) is 0. The maximum Gasteiger partial charge on any atom is 0.121 e. The third-order valence-corrected chi connectivity index (χ3v) is 5.52. The van der Waals surface area contributed by atoms with Crippen molar-refractivity contribution in [2.24, 2.45) is 0 Å². The molecule has 0 unspecified atom stereocenters. The molecule has 2 nitrogen and oxygen atoms in total. The number of hydrogen-bond donors (Lipinski definition) is 2. The largest absolute Gasteiger partial charge is 0.507 e. The van der Waals surface area contributed by atoms with Gasteiger partial charge in [-0.05, 0) is 87.1 Å². The highest BCUT2D eigenvalue weighted by molar-refractivity contribution is 7.99. The molecule has 21 heavy (non-hydrogen) atoms. The first-order valence-corrected chi connectivity index (χ1v) is 7.83. The van der Waals surface area contributed by atoms with Gasteiger partial charge >= 0.3 is 0 Å². The maximum atomic E-state index is 10.0. The molecule has 0 aromatic heterocycles. The van der Waals surface area contributed by atoms with E-state index in [1.54, 1.807) is 11.8 Å². The minimum atomic E-state index is 0.381. The molecule has 0 aliphatic rings. The normalized spacial score (nSPS) is 11.0. The van der Waals surface area contributed by atoms with Gasteiger partial charge in [0.2, 0.25) is 0 Å². The molecule has 0 bridgehead atoms. The van der Waals surface area contributed by atoms with Crippen molar-refractivity contribution < 1.29 is 10.2 Å². The number of rotatable bonds is 2. The van der Waals surface area contributed by atoms with Crippen molar-refractivity contribution in [3.63, 3.8) is 0 Å². The Morgan fingerprint density at radius 3 is 1.29 bits per heavy atom. The Balaban J connectivity index is 2.54. The van der Waals surface area contributed by atoms with E-state index in [0.717, 1.165) is 43.2 Å². The molecule has 0 aliphatic carbocycles. The van der Waals surface area contributed by atoms with E-state index in [2.05, 4.69) is 0 Å². The molecule has 0 saturated heterocycles. The molecule has 0 radical (unpaired) electrons. The first-order chi connectivity index (χ1) is 9.73. The van der Waals surface area contributed by atoms with E-state index in [1.807, 2.05) is 53.7 Å². The molecule has 0 spiro atoms. The summed E-state index contributed by atoms with van der Waals surface area (Å²) in [7, 11) is 0. The quantitative estimate of drug-likeness (QED) is 0.811. The topological polar surface area (TPSA) is 40.5 Å². The van der Waals surface area contributed by atoms with Gasteiger partial charge in [-0.2, -0.15) is 0 Å². The van der Waals surface area contributed by atoms with E-state index in [1.165, 1.54) is 0 Å². The zero-order valence-corrected chi connectivity index (χ0v) is 14.3. The van der Waals surface area contributed by atoms with Gasteiger partial charge in [0.15, 0.2) is 0 Å². The number of phenols is 2. The van der Waals surface area contributed by atoms with Gasteiger partial charge in [0.05, 0.1) is 0 Å². The molecular formula is C18H22O2S. The Labute approximate surface area is 130 Å². The monoisotopic (exact) mass is 302 g/mol. The molecule has 0 heterocycles. The smallest absolute Gasteiger partial charge is 0.121 e. The molecule has 3 heteroatoms. The molecule has 2 N–H and O–H groups in total. The van der Waals surface area contributed by atoms with E-state index in [4.69, 9.17) is 0 Å². The highest BCUT2D eigenvalue weighted by Gasteiger charge is 2.14. The fourth-order valence-electron chi connectivity index (χ4n) is 2.39. The minimum Gasteiger partial charge on any atom is -0.507 e. The van der Waals surface area contributed by atoms with Crippen LogP contribution in [0.2, 0.25) is 0 Å². The van der Waals surface area contributed by atoms with Crippen LogP contribution in [0.15, 0.2) is 21.9 Å². The Morgan fingerprint density at radius 1 is 0.619 bits per heavy atom. The van der Waals surface area contributed by atoms with Crippen LogP contribution in [-0.2, 0) is 0 Å². The summed E-state index contributed by atoms with van der Waals surface area (Å²) >= 11 is 1.69. The van der Waals surface area contributed by atoms with Gasteiger partial charge in [0.25, 0.3) is 0 Å². The lowest BCUT2D eigenvalue weighted by molar-refractivity contribution is 0.465. The summed E-state index contributed by atoms with van der Waals surface area (Å²) in [5.74, 6) is 0.762. The zero-order valence-electron chi connectivity index (χ0n) is 13.5. The number of phenolic OH excluding ortho intramolecular Hbond substituents is 2. The van der Waals surface area contributed by atoms with E-state index in [-0.39, 0.29) is 0 Å². The maximum absolute atomic E-state index is 10.0. The van der Waals surface area contributed by atoms with Gasteiger partial charge in [-0.15, -0.1) is 0 Å². The van der Waals surface area contributed by atoms with Gasteiger partial charge in [-0.1, -0.05) is 11.8 Å². The lowest BCUT2D eigenvalue weighted by atomic mass is 10.1. The van der Waals surface area contributed by atoms with Crippen molar-refractivity contribution in [1.29, 1.82) is 0 Å².